The molecule has 0 radical (unpaired) electrons. The Bertz CT molecular complexity index is 761. The highest BCUT2D eigenvalue weighted by Crippen LogP contribution is 2.29. The molecular weight excluding hydrogens is 285 g/mol. The largest absolute Gasteiger partial charge is 0.471 e. The van der Waals surface area contributed by atoms with Gasteiger partial charge in [-0.15, -0.1) is 0 Å². The van der Waals surface area contributed by atoms with Crippen molar-refractivity contribution in [2.45, 2.75) is 6.18 Å². The molecule has 0 saturated heterocycles. The molecule has 20 heavy (non-hydrogen) atoms. The fraction of sp³-hybridized carbons (Fsp3) is 0.111. The molecule has 11 heteroatoms. The average Bonchev–Trinajstić information content (AvgIpc) is 2.65. The number of imidazole rings is 1. The van der Waals surface area contributed by atoms with Gasteiger partial charge in [-0.25, -0.2) is 4.79 Å². The van der Waals surface area contributed by atoms with Crippen molar-refractivity contribution < 1.29 is 22.9 Å². The summed E-state index contributed by atoms with van der Waals surface area (Å²) in [6.45, 7) is 0. The minimum Gasteiger partial charge on any atom is -0.312 e. The Labute approximate surface area is 106 Å². The van der Waals surface area contributed by atoms with E-state index in [1.165, 1.54) is 5.32 Å². The number of aromatic amines is 2. The molecule has 0 saturated carbocycles. The summed E-state index contributed by atoms with van der Waals surface area (Å²) in [5.74, 6) is -2.35. The Kier molecular flexibility index (Phi) is 2.96. The van der Waals surface area contributed by atoms with E-state index in [2.05, 4.69) is 9.97 Å². The number of hydrogen-bond acceptors (Lipinski definition) is 4. The highest BCUT2D eigenvalue weighted by atomic mass is 19.4. The van der Waals surface area contributed by atoms with Crippen LogP contribution >= 0.6 is 0 Å². The van der Waals surface area contributed by atoms with E-state index in [4.69, 9.17) is 0 Å². The summed E-state index contributed by atoms with van der Waals surface area (Å²) in [6.07, 6.45) is -5.19. The molecule has 0 atom stereocenters. The van der Waals surface area contributed by atoms with Gasteiger partial charge < -0.3 is 15.3 Å². The third-order valence-corrected chi connectivity index (χ3v) is 2.33. The lowest BCUT2D eigenvalue weighted by molar-refractivity contribution is -0.383. The number of halogens is 3. The van der Waals surface area contributed by atoms with Gasteiger partial charge in [-0.2, -0.15) is 13.2 Å². The molecule has 1 aromatic heterocycles. The maximum atomic E-state index is 12.1. The predicted octanol–water partition coefficient (Wildman–Crippen LogP) is 1.27. The van der Waals surface area contributed by atoms with Crippen LogP contribution in [-0.4, -0.2) is 27.0 Å². The second kappa shape index (κ2) is 4.36. The summed E-state index contributed by atoms with van der Waals surface area (Å²) in [6, 6.07) is 1.72. The Morgan fingerprint density at radius 3 is 2.30 bits per heavy atom. The fourth-order valence-electron chi connectivity index (χ4n) is 1.52. The SMILES string of the molecule is O=C(Nc1cc2[nH]c(=O)[nH]c2cc1[N+](=O)[O-])C(F)(F)F. The van der Waals surface area contributed by atoms with Crippen LogP contribution in [0.3, 0.4) is 0 Å². The standard InChI is InChI=1S/C9H5F3N4O4/c10-9(11,12)7(17)13-5-1-3-4(15-8(18)14-3)2-6(5)16(19)20/h1-2H,(H,13,17)(H2,14,15,18). The smallest absolute Gasteiger partial charge is 0.312 e. The predicted molar refractivity (Wildman–Crippen MR) is 60.3 cm³/mol. The van der Waals surface area contributed by atoms with E-state index in [0.717, 1.165) is 12.1 Å². The summed E-state index contributed by atoms with van der Waals surface area (Å²) in [4.78, 5) is 36.0. The molecule has 1 aromatic carbocycles. The molecule has 0 bridgehead atoms. The Morgan fingerprint density at radius 1 is 1.25 bits per heavy atom. The first-order valence-electron chi connectivity index (χ1n) is 4.97. The molecule has 0 aliphatic rings. The highest BCUT2D eigenvalue weighted by molar-refractivity contribution is 5.99. The van der Waals surface area contributed by atoms with Crippen LogP contribution in [0.5, 0.6) is 0 Å². The van der Waals surface area contributed by atoms with Crippen LogP contribution in [0, 0.1) is 10.1 Å². The molecular formula is C9H5F3N4O4. The number of alkyl halides is 3. The number of carbonyl (C=O) groups excluding carboxylic acids is 1. The van der Waals surface area contributed by atoms with E-state index in [0.29, 0.717) is 0 Å². The van der Waals surface area contributed by atoms with Gasteiger partial charge in [-0.05, 0) is 6.07 Å². The van der Waals surface area contributed by atoms with Crippen LogP contribution < -0.4 is 11.0 Å². The summed E-state index contributed by atoms with van der Waals surface area (Å²) in [5.41, 5.74) is -2.07. The maximum Gasteiger partial charge on any atom is 0.471 e. The van der Waals surface area contributed by atoms with Crippen molar-refractivity contribution in [3.05, 3.63) is 32.7 Å². The number of nitrogens with zero attached hydrogens (tertiary/aromatic N) is 1. The number of H-pyrrole nitrogens is 2. The van der Waals surface area contributed by atoms with Gasteiger partial charge >= 0.3 is 17.8 Å². The van der Waals surface area contributed by atoms with Gasteiger partial charge in [0.1, 0.15) is 5.69 Å². The number of nitro groups is 1. The first-order valence-corrected chi connectivity index (χ1v) is 4.97. The number of nitrogens with one attached hydrogen (secondary N) is 3. The van der Waals surface area contributed by atoms with Crippen LogP contribution in [0.4, 0.5) is 24.5 Å². The zero-order valence-electron chi connectivity index (χ0n) is 9.37. The van der Waals surface area contributed by atoms with E-state index >= 15 is 0 Å². The lowest BCUT2D eigenvalue weighted by atomic mass is 10.2. The van der Waals surface area contributed by atoms with Gasteiger partial charge in [0.25, 0.3) is 5.69 Å². The van der Waals surface area contributed by atoms with Crippen molar-refractivity contribution >= 4 is 28.3 Å². The third-order valence-electron chi connectivity index (χ3n) is 2.33. The number of hydrogen-bond donors (Lipinski definition) is 3. The number of carbonyl (C=O) groups is 1. The first kappa shape index (κ1) is 13.6. The molecule has 0 fully saturated rings. The highest BCUT2D eigenvalue weighted by Gasteiger charge is 2.39. The molecule has 3 N–H and O–H groups in total. The van der Waals surface area contributed by atoms with Crippen molar-refractivity contribution in [3.63, 3.8) is 0 Å². The molecule has 2 rings (SSSR count). The van der Waals surface area contributed by atoms with Crippen molar-refractivity contribution in [2.24, 2.45) is 0 Å². The van der Waals surface area contributed by atoms with E-state index < -0.39 is 34.1 Å². The summed E-state index contributed by atoms with van der Waals surface area (Å²) in [7, 11) is 0. The third kappa shape index (κ3) is 2.46. The zero-order valence-corrected chi connectivity index (χ0v) is 9.37. The second-order valence-corrected chi connectivity index (χ2v) is 3.70. The zero-order chi connectivity index (χ0) is 15.1. The number of rotatable bonds is 2. The number of fused-ring (bicyclic) bond motifs is 1. The summed E-state index contributed by atoms with van der Waals surface area (Å²) in [5, 5.41) is 12.2. The van der Waals surface area contributed by atoms with Crippen LogP contribution in [0.1, 0.15) is 0 Å². The molecule has 1 heterocycles. The molecule has 0 aliphatic heterocycles. The van der Waals surface area contributed by atoms with Crippen LogP contribution in [0.25, 0.3) is 11.0 Å². The van der Waals surface area contributed by atoms with Crippen LogP contribution in [0.15, 0.2) is 16.9 Å². The summed E-state index contributed by atoms with van der Waals surface area (Å²) < 4.78 is 36.4. The Morgan fingerprint density at radius 2 is 1.80 bits per heavy atom. The van der Waals surface area contributed by atoms with Gasteiger partial charge in [-0.1, -0.05) is 0 Å². The molecule has 0 aliphatic carbocycles. The molecule has 2 aromatic rings. The monoisotopic (exact) mass is 290 g/mol. The van der Waals surface area contributed by atoms with E-state index in [1.807, 2.05) is 0 Å². The quantitative estimate of drug-likeness (QED) is 0.569. The minimum absolute atomic E-state index is 0.0260. The minimum atomic E-state index is -5.19. The van der Waals surface area contributed by atoms with E-state index in [9.17, 15) is 32.9 Å². The van der Waals surface area contributed by atoms with Crippen molar-refractivity contribution in [1.29, 1.82) is 0 Å². The van der Waals surface area contributed by atoms with Gasteiger partial charge in [-0.3, -0.25) is 14.9 Å². The Hall–Kier alpha value is -2.85. The van der Waals surface area contributed by atoms with Gasteiger partial charge in [0.15, 0.2) is 0 Å². The molecule has 106 valence electrons. The molecule has 0 unspecified atom stereocenters. The van der Waals surface area contributed by atoms with Gasteiger partial charge in [0, 0.05) is 6.07 Å². The van der Waals surface area contributed by atoms with E-state index in [-0.39, 0.29) is 11.0 Å². The lowest BCUT2D eigenvalue weighted by Crippen LogP contribution is -2.30. The summed E-state index contributed by atoms with van der Waals surface area (Å²) >= 11 is 0. The van der Waals surface area contributed by atoms with Crippen molar-refractivity contribution in [1.82, 2.24) is 9.97 Å². The molecule has 1 amide bonds. The van der Waals surface area contributed by atoms with Gasteiger partial charge in [0.05, 0.1) is 16.0 Å². The lowest BCUT2D eigenvalue weighted by Gasteiger charge is -2.08. The molecule has 0 spiro atoms. The van der Waals surface area contributed by atoms with Crippen LogP contribution in [0.2, 0.25) is 0 Å². The maximum absolute atomic E-state index is 12.1. The average molecular weight is 290 g/mol. The van der Waals surface area contributed by atoms with Crippen molar-refractivity contribution in [3.8, 4) is 0 Å². The van der Waals surface area contributed by atoms with Crippen LogP contribution in [-0.2, 0) is 4.79 Å². The van der Waals surface area contributed by atoms with Gasteiger partial charge in [0.2, 0.25) is 0 Å². The number of amides is 1. The number of nitro benzene ring substituents is 1. The first-order chi connectivity index (χ1) is 9.18. The van der Waals surface area contributed by atoms with Crippen molar-refractivity contribution in [2.75, 3.05) is 5.32 Å². The normalized spacial score (nSPS) is 11.6. The topological polar surface area (TPSA) is 121 Å². The number of anilines is 1. The second-order valence-electron chi connectivity index (χ2n) is 3.70. The number of benzene rings is 1. The number of aromatic nitrogens is 2. The fourth-order valence-corrected chi connectivity index (χ4v) is 1.52. The van der Waals surface area contributed by atoms with E-state index in [1.54, 1.807) is 0 Å². The Balaban J connectivity index is 2.55. The molecule has 8 nitrogen and oxygen atoms in total.